The van der Waals surface area contributed by atoms with E-state index in [0.29, 0.717) is 30.2 Å². The van der Waals surface area contributed by atoms with Crippen LogP contribution in [-0.2, 0) is 0 Å². The first kappa shape index (κ1) is 20.8. The predicted molar refractivity (Wildman–Crippen MR) is 127 cm³/mol. The molecule has 9 heteroatoms. The molecule has 1 aromatic carbocycles. The number of hydrogen-bond acceptors (Lipinski definition) is 6. The molecule has 0 spiro atoms. The predicted octanol–water partition coefficient (Wildman–Crippen LogP) is 4.09. The lowest BCUT2D eigenvalue weighted by Crippen LogP contribution is -2.56. The standard InChI is InChI=1S/C23H23N5O2S2/c1-13-4-6-16(7-5-13)20-18(26-15(3)32-20)22(30)27-9-8-17(27)12-24-21(29)19-14(2)25-23-28(19)10-11-31-23/h4-7,10-11,17H,8-9,12H2,1-3H3,(H,24,29). The number of hydrogen-bond donors (Lipinski definition) is 1. The normalized spacial score (nSPS) is 15.7. The molecular weight excluding hydrogens is 442 g/mol. The lowest BCUT2D eigenvalue weighted by molar-refractivity contribution is 0.0451. The van der Waals surface area contributed by atoms with Gasteiger partial charge < -0.3 is 10.2 Å². The maximum Gasteiger partial charge on any atom is 0.274 e. The van der Waals surface area contributed by atoms with Crippen molar-refractivity contribution in [1.29, 1.82) is 0 Å². The second-order valence-electron chi connectivity index (χ2n) is 8.03. The number of carbonyl (C=O) groups excluding carboxylic acids is 2. The quantitative estimate of drug-likeness (QED) is 0.482. The first-order chi connectivity index (χ1) is 15.4. The molecule has 0 saturated carbocycles. The number of imidazole rings is 1. The van der Waals surface area contributed by atoms with Gasteiger partial charge in [0, 0.05) is 24.7 Å². The van der Waals surface area contributed by atoms with Gasteiger partial charge in [0.25, 0.3) is 11.8 Å². The number of fused-ring (bicyclic) bond motifs is 1. The third-order valence-corrected chi connectivity index (χ3v) is 7.58. The van der Waals surface area contributed by atoms with Crippen molar-refractivity contribution < 1.29 is 9.59 Å². The molecule has 5 rings (SSSR count). The Morgan fingerprint density at radius 1 is 1.16 bits per heavy atom. The maximum absolute atomic E-state index is 13.3. The highest BCUT2D eigenvalue weighted by molar-refractivity contribution is 7.15. The molecule has 1 saturated heterocycles. The molecule has 1 fully saturated rings. The third-order valence-electron chi connectivity index (χ3n) is 5.81. The zero-order chi connectivity index (χ0) is 22.4. The summed E-state index contributed by atoms with van der Waals surface area (Å²) in [5.74, 6) is -0.242. The highest BCUT2D eigenvalue weighted by Crippen LogP contribution is 2.33. The highest BCUT2D eigenvalue weighted by atomic mass is 32.1. The van der Waals surface area contributed by atoms with Crippen LogP contribution in [0.2, 0.25) is 0 Å². The summed E-state index contributed by atoms with van der Waals surface area (Å²) in [4.78, 5) is 38.6. The number of amides is 2. The van der Waals surface area contributed by atoms with Crippen molar-refractivity contribution in [3.63, 3.8) is 0 Å². The fourth-order valence-electron chi connectivity index (χ4n) is 3.99. The fraction of sp³-hybridized carbons (Fsp3) is 0.304. The SMILES string of the molecule is Cc1ccc(-c2sc(C)nc2C(=O)N2CCC2CNC(=O)c2c(C)nc3sccn23)cc1. The molecule has 1 unspecified atom stereocenters. The molecule has 4 heterocycles. The molecule has 0 bridgehead atoms. The molecule has 2 amide bonds. The van der Waals surface area contributed by atoms with Crippen LogP contribution in [0, 0.1) is 20.8 Å². The summed E-state index contributed by atoms with van der Waals surface area (Å²) in [5.41, 5.74) is 3.94. The molecule has 7 nitrogen and oxygen atoms in total. The monoisotopic (exact) mass is 465 g/mol. The minimum absolute atomic E-state index is 0.0366. The minimum atomic E-state index is -0.169. The lowest BCUT2D eigenvalue weighted by Gasteiger charge is -2.40. The van der Waals surface area contributed by atoms with Crippen molar-refractivity contribution in [1.82, 2.24) is 24.6 Å². The van der Waals surface area contributed by atoms with Crippen LogP contribution in [0.5, 0.6) is 0 Å². The smallest absolute Gasteiger partial charge is 0.274 e. The Morgan fingerprint density at radius 2 is 1.94 bits per heavy atom. The molecule has 32 heavy (non-hydrogen) atoms. The largest absolute Gasteiger partial charge is 0.349 e. The number of nitrogens with zero attached hydrogens (tertiary/aromatic N) is 4. The lowest BCUT2D eigenvalue weighted by atomic mass is 10.0. The van der Waals surface area contributed by atoms with Crippen molar-refractivity contribution in [2.24, 2.45) is 0 Å². The molecule has 1 atom stereocenters. The van der Waals surface area contributed by atoms with Gasteiger partial charge in [0.1, 0.15) is 11.4 Å². The highest BCUT2D eigenvalue weighted by Gasteiger charge is 2.35. The Bertz CT molecular complexity index is 1320. The second-order valence-corrected chi connectivity index (χ2v) is 10.1. The Balaban J connectivity index is 1.30. The van der Waals surface area contributed by atoms with Gasteiger partial charge in [-0.1, -0.05) is 29.8 Å². The van der Waals surface area contributed by atoms with Gasteiger partial charge in [-0.05, 0) is 32.8 Å². The summed E-state index contributed by atoms with van der Waals surface area (Å²) < 4.78 is 1.81. The Hall–Kier alpha value is -3.04. The van der Waals surface area contributed by atoms with Gasteiger partial charge in [-0.15, -0.1) is 22.7 Å². The Kier molecular flexibility index (Phi) is 5.30. The number of aromatic nitrogens is 3. The topological polar surface area (TPSA) is 79.6 Å². The van der Waals surface area contributed by atoms with Gasteiger partial charge in [0.2, 0.25) is 0 Å². The van der Waals surface area contributed by atoms with E-state index in [-0.39, 0.29) is 17.9 Å². The number of carbonyl (C=O) groups is 2. The molecule has 4 aromatic rings. The maximum atomic E-state index is 13.3. The number of likely N-dealkylation sites (tertiary alicyclic amines) is 1. The van der Waals surface area contributed by atoms with E-state index in [2.05, 4.69) is 15.3 Å². The molecule has 1 aliphatic heterocycles. The van der Waals surface area contributed by atoms with E-state index in [1.54, 1.807) is 0 Å². The molecule has 164 valence electrons. The molecule has 1 aliphatic rings. The summed E-state index contributed by atoms with van der Waals surface area (Å²) >= 11 is 3.03. The van der Waals surface area contributed by atoms with Gasteiger partial charge in [0.15, 0.2) is 4.96 Å². The van der Waals surface area contributed by atoms with E-state index in [1.807, 2.05) is 65.9 Å². The summed E-state index contributed by atoms with van der Waals surface area (Å²) in [6.45, 7) is 6.88. The van der Waals surface area contributed by atoms with Crippen LogP contribution in [0.1, 0.15) is 43.7 Å². The van der Waals surface area contributed by atoms with Gasteiger partial charge in [-0.25, -0.2) is 9.97 Å². The Morgan fingerprint density at radius 3 is 2.66 bits per heavy atom. The number of rotatable bonds is 5. The Labute approximate surface area is 193 Å². The number of benzene rings is 1. The second kappa shape index (κ2) is 8.14. The average Bonchev–Trinajstić information content (AvgIpc) is 3.41. The van der Waals surface area contributed by atoms with Gasteiger partial charge in [-0.3, -0.25) is 14.0 Å². The van der Waals surface area contributed by atoms with E-state index in [9.17, 15) is 9.59 Å². The summed E-state index contributed by atoms with van der Waals surface area (Å²) in [6.07, 6.45) is 2.71. The number of aryl methyl sites for hydroxylation is 3. The van der Waals surface area contributed by atoms with Gasteiger partial charge in [-0.2, -0.15) is 0 Å². The van der Waals surface area contributed by atoms with Gasteiger partial charge in [0.05, 0.1) is 21.6 Å². The third kappa shape index (κ3) is 3.61. The van der Waals surface area contributed by atoms with Crippen LogP contribution in [0.3, 0.4) is 0 Å². The zero-order valence-corrected chi connectivity index (χ0v) is 19.7. The van der Waals surface area contributed by atoms with Crippen molar-refractivity contribution in [2.75, 3.05) is 13.1 Å². The van der Waals surface area contributed by atoms with E-state index in [1.165, 1.54) is 28.2 Å². The van der Waals surface area contributed by atoms with Gasteiger partial charge >= 0.3 is 0 Å². The molecule has 0 radical (unpaired) electrons. The van der Waals surface area contributed by atoms with E-state index in [4.69, 9.17) is 0 Å². The van der Waals surface area contributed by atoms with Crippen molar-refractivity contribution in [2.45, 2.75) is 33.2 Å². The van der Waals surface area contributed by atoms with Crippen LogP contribution in [0.4, 0.5) is 0 Å². The summed E-state index contributed by atoms with van der Waals surface area (Å²) in [7, 11) is 0. The molecule has 0 aliphatic carbocycles. The van der Waals surface area contributed by atoms with Crippen LogP contribution < -0.4 is 5.32 Å². The number of nitrogens with one attached hydrogen (secondary N) is 1. The van der Waals surface area contributed by atoms with Crippen LogP contribution in [0.25, 0.3) is 15.4 Å². The summed E-state index contributed by atoms with van der Waals surface area (Å²) in [6, 6.07) is 8.12. The van der Waals surface area contributed by atoms with E-state index >= 15 is 0 Å². The summed E-state index contributed by atoms with van der Waals surface area (Å²) in [5, 5.41) is 5.77. The van der Waals surface area contributed by atoms with Crippen molar-refractivity contribution in [3.05, 3.63) is 63.5 Å². The fourth-order valence-corrected chi connectivity index (χ4v) is 5.67. The van der Waals surface area contributed by atoms with Crippen LogP contribution in [0.15, 0.2) is 35.8 Å². The first-order valence-corrected chi connectivity index (χ1v) is 12.2. The van der Waals surface area contributed by atoms with Crippen LogP contribution in [-0.4, -0.2) is 50.2 Å². The van der Waals surface area contributed by atoms with Crippen molar-refractivity contribution in [3.8, 4) is 10.4 Å². The van der Waals surface area contributed by atoms with Crippen LogP contribution >= 0.6 is 22.7 Å². The minimum Gasteiger partial charge on any atom is -0.349 e. The molecule has 1 N–H and O–H groups in total. The first-order valence-electron chi connectivity index (χ1n) is 10.5. The molecule has 3 aromatic heterocycles. The van der Waals surface area contributed by atoms with E-state index < -0.39 is 0 Å². The average molecular weight is 466 g/mol. The van der Waals surface area contributed by atoms with E-state index in [0.717, 1.165) is 26.8 Å². The number of thiazole rings is 2. The van der Waals surface area contributed by atoms with Crippen molar-refractivity contribution >= 4 is 39.4 Å². The zero-order valence-electron chi connectivity index (χ0n) is 18.1. The molecular formula is C23H23N5O2S2.